The van der Waals surface area contributed by atoms with Crippen molar-refractivity contribution in [3.63, 3.8) is 0 Å². The summed E-state index contributed by atoms with van der Waals surface area (Å²) in [6.07, 6.45) is 1.30. The molecule has 0 radical (unpaired) electrons. The Morgan fingerprint density at radius 3 is 2.38 bits per heavy atom. The highest BCUT2D eigenvalue weighted by molar-refractivity contribution is 4.88. The lowest BCUT2D eigenvalue weighted by Gasteiger charge is -2.44. The predicted molar refractivity (Wildman–Crippen MR) is 71.7 cm³/mol. The van der Waals surface area contributed by atoms with E-state index in [1.165, 1.54) is 19.5 Å². The minimum Gasteiger partial charge on any atom is -0.317 e. The van der Waals surface area contributed by atoms with Crippen LogP contribution >= 0.6 is 0 Å². The van der Waals surface area contributed by atoms with Gasteiger partial charge in [-0.3, -0.25) is 0 Å². The molecule has 1 heterocycles. The highest BCUT2D eigenvalue weighted by Crippen LogP contribution is 2.25. The van der Waals surface area contributed by atoms with Crippen LogP contribution in [0.15, 0.2) is 0 Å². The van der Waals surface area contributed by atoms with E-state index in [4.69, 9.17) is 0 Å². The summed E-state index contributed by atoms with van der Waals surface area (Å²) in [6, 6.07) is 1.42. The van der Waals surface area contributed by atoms with Crippen LogP contribution in [0.1, 0.15) is 41.0 Å². The monoisotopic (exact) mass is 226 g/mol. The third-order valence-corrected chi connectivity index (χ3v) is 4.73. The molecule has 1 saturated heterocycles. The SMILES string of the molecule is CNC1CCN(CC(C)C(C)C)C(C)C1C. The van der Waals surface area contributed by atoms with Crippen molar-refractivity contribution in [1.82, 2.24) is 10.2 Å². The van der Waals surface area contributed by atoms with Crippen LogP contribution in [0.25, 0.3) is 0 Å². The van der Waals surface area contributed by atoms with Crippen LogP contribution < -0.4 is 5.32 Å². The number of likely N-dealkylation sites (tertiary alicyclic amines) is 1. The van der Waals surface area contributed by atoms with E-state index in [1.54, 1.807) is 0 Å². The molecule has 0 aromatic rings. The molecular formula is C14H30N2. The molecule has 1 N–H and O–H groups in total. The molecule has 0 amide bonds. The van der Waals surface area contributed by atoms with Gasteiger partial charge in [-0.25, -0.2) is 0 Å². The molecule has 2 nitrogen and oxygen atoms in total. The number of nitrogens with one attached hydrogen (secondary N) is 1. The van der Waals surface area contributed by atoms with Crippen molar-refractivity contribution in [2.75, 3.05) is 20.1 Å². The van der Waals surface area contributed by atoms with Crippen LogP contribution in [0.5, 0.6) is 0 Å². The number of piperidine rings is 1. The Labute approximate surface area is 102 Å². The molecular weight excluding hydrogens is 196 g/mol. The Morgan fingerprint density at radius 2 is 1.88 bits per heavy atom. The van der Waals surface area contributed by atoms with Gasteiger partial charge in [0, 0.05) is 18.6 Å². The van der Waals surface area contributed by atoms with E-state index in [9.17, 15) is 0 Å². The van der Waals surface area contributed by atoms with Crippen molar-refractivity contribution >= 4 is 0 Å². The van der Waals surface area contributed by atoms with Crippen molar-refractivity contribution < 1.29 is 0 Å². The number of rotatable bonds is 4. The van der Waals surface area contributed by atoms with Gasteiger partial charge in [0.25, 0.3) is 0 Å². The van der Waals surface area contributed by atoms with Gasteiger partial charge < -0.3 is 10.2 Å². The molecule has 4 unspecified atom stereocenters. The van der Waals surface area contributed by atoms with Crippen molar-refractivity contribution in [2.24, 2.45) is 17.8 Å². The van der Waals surface area contributed by atoms with E-state index in [0.717, 1.165) is 17.8 Å². The molecule has 0 saturated carbocycles. The van der Waals surface area contributed by atoms with Crippen molar-refractivity contribution in [1.29, 1.82) is 0 Å². The average molecular weight is 226 g/mol. The van der Waals surface area contributed by atoms with Crippen molar-refractivity contribution in [3.8, 4) is 0 Å². The van der Waals surface area contributed by atoms with Gasteiger partial charge in [-0.05, 0) is 44.7 Å². The zero-order valence-corrected chi connectivity index (χ0v) is 12.0. The van der Waals surface area contributed by atoms with Gasteiger partial charge in [0.15, 0.2) is 0 Å². The predicted octanol–water partition coefficient (Wildman–Crippen LogP) is 2.60. The molecule has 0 bridgehead atoms. The molecule has 0 aromatic heterocycles. The molecule has 0 aromatic carbocycles. The Morgan fingerprint density at radius 1 is 1.25 bits per heavy atom. The van der Waals surface area contributed by atoms with Crippen LogP contribution in [-0.4, -0.2) is 37.1 Å². The Kier molecular flexibility index (Phi) is 5.26. The van der Waals surface area contributed by atoms with Gasteiger partial charge in [-0.1, -0.05) is 27.7 Å². The van der Waals surface area contributed by atoms with Crippen LogP contribution in [-0.2, 0) is 0 Å². The molecule has 4 atom stereocenters. The second-order valence-corrected chi connectivity index (χ2v) is 6.00. The highest BCUT2D eigenvalue weighted by atomic mass is 15.2. The molecule has 1 rings (SSSR count). The zero-order valence-electron chi connectivity index (χ0n) is 12.0. The molecule has 1 aliphatic heterocycles. The van der Waals surface area contributed by atoms with Crippen LogP contribution in [0.2, 0.25) is 0 Å². The quantitative estimate of drug-likeness (QED) is 0.792. The lowest BCUT2D eigenvalue weighted by atomic mass is 9.85. The minimum atomic E-state index is 0.709. The standard InChI is InChI=1S/C14H30N2/c1-10(2)11(3)9-16-8-7-14(15-6)12(4)13(16)5/h10-15H,7-9H2,1-6H3. The first-order valence-corrected chi connectivity index (χ1v) is 6.88. The maximum Gasteiger partial charge on any atom is 0.0117 e. The first-order valence-electron chi connectivity index (χ1n) is 6.88. The number of nitrogens with zero attached hydrogens (tertiary/aromatic N) is 1. The number of hydrogen-bond acceptors (Lipinski definition) is 2. The summed E-state index contributed by atoms with van der Waals surface area (Å²) in [5, 5.41) is 3.45. The van der Waals surface area contributed by atoms with E-state index in [0.29, 0.717) is 12.1 Å². The Bertz CT molecular complexity index is 203. The summed E-state index contributed by atoms with van der Waals surface area (Å²) in [5.74, 6) is 2.36. The molecule has 2 heteroatoms. The summed E-state index contributed by atoms with van der Waals surface area (Å²) >= 11 is 0. The minimum absolute atomic E-state index is 0.709. The van der Waals surface area contributed by atoms with Gasteiger partial charge in [-0.15, -0.1) is 0 Å². The van der Waals surface area contributed by atoms with Gasteiger partial charge >= 0.3 is 0 Å². The maximum absolute atomic E-state index is 3.45. The number of hydrogen-bond donors (Lipinski definition) is 1. The smallest absolute Gasteiger partial charge is 0.0117 e. The third-order valence-electron chi connectivity index (χ3n) is 4.73. The van der Waals surface area contributed by atoms with Crippen LogP contribution in [0.4, 0.5) is 0 Å². The lowest BCUT2D eigenvalue weighted by molar-refractivity contribution is 0.0682. The second kappa shape index (κ2) is 6.02. The maximum atomic E-state index is 3.45. The first-order chi connectivity index (χ1) is 7.47. The van der Waals surface area contributed by atoms with E-state index < -0.39 is 0 Å². The van der Waals surface area contributed by atoms with Gasteiger partial charge in [0.2, 0.25) is 0 Å². The Balaban J connectivity index is 2.51. The highest BCUT2D eigenvalue weighted by Gasteiger charge is 2.32. The van der Waals surface area contributed by atoms with Crippen molar-refractivity contribution in [3.05, 3.63) is 0 Å². The van der Waals surface area contributed by atoms with E-state index in [2.05, 4.69) is 51.9 Å². The molecule has 16 heavy (non-hydrogen) atoms. The second-order valence-electron chi connectivity index (χ2n) is 6.00. The zero-order chi connectivity index (χ0) is 12.3. The van der Waals surface area contributed by atoms with E-state index in [-0.39, 0.29) is 0 Å². The van der Waals surface area contributed by atoms with E-state index in [1.807, 2.05) is 0 Å². The third kappa shape index (κ3) is 3.21. The molecule has 0 spiro atoms. The van der Waals surface area contributed by atoms with Gasteiger partial charge in [0.1, 0.15) is 0 Å². The summed E-state index contributed by atoms with van der Waals surface area (Å²) < 4.78 is 0. The molecule has 1 fully saturated rings. The summed E-state index contributed by atoms with van der Waals surface area (Å²) in [7, 11) is 2.10. The Hall–Kier alpha value is -0.0800. The summed E-state index contributed by atoms with van der Waals surface area (Å²) in [6.45, 7) is 14.3. The van der Waals surface area contributed by atoms with Crippen molar-refractivity contribution in [2.45, 2.75) is 53.1 Å². The normalized spacial score (nSPS) is 34.3. The fourth-order valence-electron chi connectivity index (χ4n) is 2.69. The topological polar surface area (TPSA) is 15.3 Å². The lowest BCUT2D eigenvalue weighted by Crippen LogP contribution is -2.53. The van der Waals surface area contributed by atoms with Crippen LogP contribution in [0, 0.1) is 17.8 Å². The molecule has 1 aliphatic rings. The summed E-state index contributed by atoms with van der Waals surface area (Å²) in [5.41, 5.74) is 0. The fourth-order valence-corrected chi connectivity index (χ4v) is 2.69. The average Bonchev–Trinajstić information content (AvgIpc) is 2.25. The van der Waals surface area contributed by atoms with Gasteiger partial charge in [0.05, 0.1) is 0 Å². The fraction of sp³-hybridized carbons (Fsp3) is 1.00. The first kappa shape index (κ1) is 14.0. The summed E-state index contributed by atoms with van der Waals surface area (Å²) in [4.78, 5) is 2.68. The molecule has 0 aliphatic carbocycles. The van der Waals surface area contributed by atoms with Crippen LogP contribution in [0.3, 0.4) is 0 Å². The molecule has 96 valence electrons. The van der Waals surface area contributed by atoms with Gasteiger partial charge in [-0.2, -0.15) is 0 Å². The largest absolute Gasteiger partial charge is 0.317 e. The van der Waals surface area contributed by atoms with E-state index >= 15 is 0 Å².